The van der Waals surface area contributed by atoms with E-state index in [2.05, 4.69) is 15.1 Å². The van der Waals surface area contributed by atoms with Crippen LogP contribution in [0.5, 0.6) is 0 Å². The van der Waals surface area contributed by atoms with Gasteiger partial charge in [-0.2, -0.15) is 5.10 Å². The van der Waals surface area contributed by atoms with E-state index in [1.807, 2.05) is 6.92 Å². The van der Waals surface area contributed by atoms with Gasteiger partial charge in [0.25, 0.3) is 0 Å². The average molecular weight is 298 g/mol. The average Bonchev–Trinajstić information content (AvgIpc) is 3.02. The molecule has 20 heavy (non-hydrogen) atoms. The zero-order valence-corrected chi connectivity index (χ0v) is 12.6. The second kappa shape index (κ2) is 5.13. The monoisotopic (exact) mass is 298 g/mol. The van der Waals surface area contributed by atoms with E-state index < -0.39 is 10.0 Å². The molecule has 0 aliphatic heterocycles. The summed E-state index contributed by atoms with van der Waals surface area (Å²) < 4.78 is 29.0. The van der Waals surface area contributed by atoms with Crippen molar-refractivity contribution in [3.8, 4) is 0 Å². The van der Waals surface area contributed by atoms with E-state index in [0.29, 0.717) is 12.6 Å². The Hall–Kier alpha value is -0.920. The van der Waals surface area contributed by atoms with Gasteiger partial charge in [-0.25, -0.2) is 13.1 Å². The first-order chi connectivity index (χ1) is 9.47. The van der Waals surface area contributed by atoms with Gasteiger partial charge in [0.2, 0.25) is 10.0 Å². The van der Waals surface area contributed by atoms with Crippen LogP contribution in [0.4, 0.5) is 0 Å². The predicted octanol–water partition coefficient (Wildman–Crippen LogP) is 0.856. The molecule has 0 atom stereocenters. The molecule has 2 fully saturated rings. The Kier molecular flexibility index (Phi) is 3.60. The van der Waals surface area contributed by atoms with Crippen molar-refractivity contribution in [2.45, 2.75) is 62.0 Å². The maximum absolute atomic E-state index is 12.3. The highest BCUT2D eigenvalue weighted by Crippen LogP contribution is 2.32. The molecule has 7 heteroatoms. The number of hydrogen-bond donors (Lipinski definition) is 2. The molecular weight excluding hydrogens is 276 g/mol. The molecule has 3 rings (SSSR count). The third-order valence-corrected chi connectivity index (χ3v) is 5.70. The van der Waals surface area contributed by atoms with Gasteiger partial charge in [-0.3, -0.25) is 4.68 Å². The molecule has 2 aliphatic rings. The number of hydrogen-bond acceptors (Lipinski definition) is 4. The van der Waals surface area contributed by atoms with Crippen molar-refractivity contribution in [1.82, 2.24) is 19.8 Å². The topological polar surface area (TPSA) is 76.0 Å². The number of sulfonamides is 1. The van der Waals surface area contributed by atoms with E-state index in [4.69, 9.17) is 0 Å². The van der Waals surface area contributed by atoms with Crippen molar-refractivity contribution in [1.29, 1.82) is 0 Å². The number of aromatic nitrogens is 2. The van der Waals surface area contributed by atoms with Crippen LogP contribution in [0, 0.1) is 0 Å². The fourth-order valence-electron chi connectivity index (χ4n) is 2.47. The van der Waals surface area contributed by atoms with Gasteiger partial charge in [0.1, 0.15) is 4.90 Å². The van der Waals surface area contributed by atoms with Crippen LogP contribution in [0.25, 0.3) is 0 Å². The maximum atomic E-state index is 12.3. The lowest BCUT2D eigenvalue weighted by atomic mass is 9.80. The smallest absolute Gasteiger partial charge is 0.244 e. The van der Waals surface area contributed by atoms with E-state index in [9.17, 15) is 8.42 Å². The lowest BCUT2D eigenvalue weighted by molar-refractivity contribution is 0.248. The minimum Gasteiger partial charge on any atom is -0.312 e. The van der Waals surface area contributed by atoms with E-state index >= 15 is 0 Å². The Labute approximate surface area is 120 Å². The van der Waals surface area contributed by atoms with Crippen molar-refractivity contribution in [3.05, 3.63) is 12.4 Å². The first kappa shape index (κ1) is 14.0. The summed E-state index contributed by atoms with van der Waals surface area (Å²) in [5.74, 6) is 0. The Balaban J connectivity index is 1.59. The van der Waals surface area contributed by atoms with Crippen molar-refractivity contribution in [2.75, 3.05) is 6.54 Å². The summed E-state index contributed by atoms with van der Waals surface area (Å²) in [6.07, 6.45) is 8.45. The minimum absolute atomic E-state index is 0.261. The summed E-state index contributed by atoms with van der Waals surface area (Å²) in [4.78, 5) is 0.261. The van der Waals surface area contributed by atoms with E-state index in [1.165, 1.54) is 19.0 Å². The van der Waals surface area contributed by atoms with Crippen LogP contribution >= 0.6 is 0 Å². The molecule has 2 aliphatic carbocycles. The van der Waals surface area contributed by atoms with Gasteiger partial charge in [-0.15, -0.1) is 0 Å². The van der Waals surface area contributed by atoms with Crippen LogP contribution < -0.4 is 10.0 Å². The standard InChI is InChI=1S/C13H22N4O2S/c1-13(5-2-6-13)16-20(18,19)12-9-15-17(10-12)8-7-14-11-3-4-11/h9-11,14,16H,2-8H2,1H3. The predicted molar refractivity (Wildman–Crippen MR) is 75.8 cm³/mol. The molecule has 1 aromatic rings. The Morgan fingerprint density at radius 3 is 2.80 bits per heavy atom. The molecule has 6 nitrogen and oxygen atoms in total. The first-order valence-corrected chi connectivity index (χ1v) is 8.75. The number of nitrogens with one attached hydrogen (secondary N) is 2. The van der Waals surface area contributed by atoms with Crippen molar-refractivity contribution in [3.63, 3.8) is 0 Å². The molecule has 0 radical (unpaired) electrons. The minimum atomic E-state index is -3.44. The quantitative estimate of drug-likeness (QED) is 0.783. The summed E-state index contributed by atoms with van der Waals surface area (Å²) >= 11 is 0. The highest BCUT2D eigenvalue weighted by molar-refractivity contribution is 7.89. The zero-order chi connectivity index (χ0) is 14.2. The van der Waals surface area contributed by atoms with Crippen LogP contribution in [-0.4, -0.2) is 36.3 Å². The van der Waals surface area contributed by atoms with Crippen molar-refractivity contribution >= 4 is 10.0 Å². The Morgan fingerprint density at radius 2 is 2.20 bits per heavy atom. The third-order valence-electron chi connectivity index (χ3n) is 4.11. The second-order valence-electron chi connectivity index (χ2n) is 6.19. The summed E-state index contributed by atoms with van der Waals surface area (Å²) in [5.41, 5.74) is -0.269. The van der Waals surface area contributed by atoms with E-state index in [0.717, 1.165) is 25.8 Å². The van der Waals surface area contributed by atoms with Gasteiger partial charge in [-0.1, -0.05) is 0 Å². The first-order valence-electron chi connectivity index (χ1n) is 7.27. The van der Waals surface area contributed by atoms with Crippen LogP contribution in [0.15, 0.2) is 17.3 Å². The number of nitrogens with zero attached hydrogens (tertiary/aromatic N) is 2. The molecule has 0 spiro atoms. The molecule has 2 N–H and O–H groups in total. The molecule has 112 valence electrons. The lowest BCUT2D eigenvalue weighted by Gasteiger charge is -2.38. The molecule has 1 heterocycles. The Bertz CT molecular complexity index is 573. The highest BCUT2D eigenvalue weighted by atomic mass is 32.2. The molecule has 0 saturated heterocycles. The fourth-order valence-corrected chi connectivity index (χ4v) is 3.89. The summed E-state index contributed by atoms with van der Waals surface area (Å²) in [5, 5.41) is 7.51. The fraction of sp³-hybridized carbons (Fsp3) is 0.769. The molecular formula is C13H22N4O2S. The maximum Gasteiger partial charge on any atom is 0.244 e. The second-order valence-corrected chi connectivity index (χ2v) is 7.87. The third kappa shape index (κ3) is 3.21. The zero-order valence-electron chi connectivity index (χ0n) is 11.8. The van der Waals surface area contributed by atoms with Crippen LogP contribution in [0.3, 0.4) is 0 Å². The van der Waals surface area contributed by atoms with Crippen LogP contribution in [-0.2, 0) is 16.6 Å². The molecule has 1 aromatic heterocycles. The largest absolute Gasteiger partial charge is 0.312 e. The number of rotatable bonds is 7. The van der Waals surface area contributed by atoms with Gasteiger partial charge < -0.3 is 5.32 Å². The summed E-state index contributed by atoms with van der Waals surface area (Å²) in [6.45, 7) is 3.48. The Morgan fingerprint density at radius 1 is 1.45 bits per heavy atom. The van der Waals surface area contributed by atoms with Gasteiger partial charge >= 0.3 is 0 Å². The summed E-state index contributed by atoms with van der Waals surface area (Å²) in [7, 11) is -3.44. The van der Waals surface area contributed by atoms with Crippen molar-refractivity contribution < 1.29 is 8.42 Å². The van der Waals surface area contributed by atoms with Crippen LogP contribution in [0.2, 0.25) is 0 Å². The van der Waals surface area contributed by atoms with E-state index in [-0.39, 0.29) is 10.4 Å². The lowest BCUT2D eigenvalue weighted by Crippen LogP contribution is -2.50. The molecule has 0 amide bonds. The van der Waals surface area contributed by atoms with Crippen LogP contribution in [0.1, 0.15) is 39.0 Å². The van der Waals surface area contributed by atoms with Gasteiger partial charge in [-0.05, 0) is 39.0 Å². The molecule has 2 saturated carbocycles. The molecule has 0 unspecified atom stereocenters. The molecule has 0 aromatic carbocycles. The van der Waals surface area contributed by atoms with Gasteiger partial charge in [0.15, 0.2) is 0 Å². The van der Waals surface area contributed by atoms with Gasteiger partial charge in [0, 0.05) is 24.3 Å². The normalized spacial score (nSPS) is 21.6. The summed E-state index contributed by atoms with van der Waals surface area (Å²) in [6, 6.07) is 0.661. The van der Waals surface area contributed by atoms with Crippen molar-refractivity contribution in [2.24, 2.45) is 0 Å². The highest BCUT2D eigenvalue weighted by Gasteiger charge is 2.36. The molecule has 0 bridgehead atoms. The SMILES string of the molecule is CC1(NS(=O)(=O)c2cnn(CCNC3CC3)c2)CCC1. The van der Waals surface area contributed by atoms with Gasteiger partial charge in [0.05, 0.1) is 12.7 Å². The van der Waals surface area contributed by atoms with E-state index in [1.54, 1.807) is 10.9 Å².